The summed E-state index contributed by atoms with van der Waals surface area (Å²) >= 11 is 0. The molecule has 3 aromatic carbocycles. The number of rotatable bonds is 7. The van der Waals surface area contributed by atoms with E-state index >= 15 is 0 Å². The lowest BCUT2D eigenvalue weighted by molar-refractivity contribution is 0.0729. The number of nitrogens with zero attached hydrogens (tertiary/aromatic N) is 2. The maximum atomic E-state index is 13.4. The molecule has 8 heteroatoms. The second-order valence-electron chi connectivity index (χ2n) is 7.12. The van der Waals surface area contributed by atoms with Gasteiger partial charge >= 0.3 is 5.97 Å². The van der Waals surface area contributed by atoms with Crippen molar-refractivity contribution in [3.63, 3.8) is 0 Å². The molecule has 34 heavy (non-hydrogen) atoms. The molecule has 0 radical (unpaired) electrons. The van der Waals surface area contributed by atoms with Crippen molar-refractivity contribution in [1.82, 2.24) is 9.99 Å². The summed E-state index contributed by atoms with van der Waals surface area (Å²) < 4.78 is 25.8. The van der Waals surface area contributed by atoms with Gasteiger partial charge in [-0.3, -0.25) is 4.79 Å². The summed E-state index contributed by atoms with van der Waals surface area (Å²) in [5.74, 6) is -1.18. The van der Waals surface area contributed by atoms with Gasteiger partial charge in [0.15, 0.2) is 11.5 Å². The van der Waals surface area contributed by atoms with Crippen LogP contribution in [0.4, 0.5) is 4.39 Å². The lowest BCUT2D eigenvalue weighted by atomic mass is 10.1. The van der Waals surface area contributed by atoms with Crippen LogP contribution in [0.5, 0.6) is 11.5 Å². The Kier molecular flexibility index (Phi) is 6.78. The van der Waals surface area contributed by atoms with Crippen molar-refractivity contribution in [1.29, 1.82) is 0 Å². The Morgan fingerprint density at radius 2 is 1.74 bits per heavy atom. The summed E-state index contributed by atoms with van der Waals surface area (Å²) in [6, 6.07) is 20.9. The van der Waals surface area contributed by atoms with E-state index in [1.165, 1.54) is 37.6 Å². The highest BCUT2D eigenvalue weighted by Crippen LogP contribution is 2.28. The van der Waals surface area contributed by atoms with Crippen molar-refractivity contribution in [2.24, 2.45) is 5.10 Å². The van der Waals surface area contributed by atoms with Gasteiger partial charge in [-0.25, -0.2) is 14.6 Å². The molecule has 1 aromatic heterocycles. The summed E-state index contributed by atoms with van der Waals surface area (Å²) in [6.07, 6.45) is 5.14. The van der Waals surface area contributed by atoms with Crippen LogP contribution >= 0.6 is 0 Å². The Hall–Kier alpha value is -4.72. The number of nitrogens with one attached hydrogen (secondary N) is 1. The number of aromatic nitrogens is 1. The second kappa shape index (κ2) is 10.3. The van der Waals surface area contributed by atoms with Gasteiger partial charge in [-0.1, -0.05) is 18.2 Å². The summed E-state index contributed by atoms with van der Waals surface area (Å²) in [7, 11) is 1.43. The fourth-order valence-corrected chi connectivity index (χ4v) is 3.23. The molecule has 0 bridgehead atoms. The highest BCUT2D eigenvalue weighted by molar-refractivity contribution is 5.98. The fraction of sp³-hybridized carbons (Fsp3) is 0.0385. The van der Waals surface area contributed by atoms with E-state index in [2.05, 4.69) is 10.5 Å². The molecule has 7 nitrogen and oxygen atoms in total. The number of ether oxygens (including phenoxy) is 2. The molecule has 1 N–H and O–H groups in total. The van der Waals surface area contributed by atoms with E-state index in [-0.39, 0.29) is 23.0 Å². The van der Waals surface area contributed by atoms with Crippen molar-refractivity contribution in [2.75, 3.05) is 7.11 Å². The topological polar surface area (TPSA) is 81.9 Å². The van der Waals surface area contributed by atoms with Gasteiger partial charge in [-0.2, -0.15) is 5.10 Å². The van der Waals surface area contributed by atoms with Crippen LogP contribution in [-0.4, -0.2) is 29.8 Å². The highest BCUT2D eigenvalue weighted by Gasteiger charge is 2.14. The van der Waals surface area contributed by atoms with Crippen molar-refractivity contribution < 1.29 is 23.5 Å². The molecule has 1 heterocycles. The minimum Gasteiger partial charge on any atom is -0.493 e. The molecule has 0 unspecified atom stereocenters. The number of hydrazone groups is 1. The van der Waals surface area contributed by atoms with Crippen LogP contribution in [0.15, 0.2) is 96.4 Å². The van der Waals surface area contributed by atoms with E-state index in [4.69, 9.17) is 9.47 Å². The van der Waals surface area contributed by atoms with E-state index in [0.29, 0.717) is 11.1 Å². The van der Waals surface area contributed by atoms with Gasteiger partial charge in [-0.05, 0) is 66.2 Å². The second-order valence-corrected chi connectivity index (χ2v) is 7.12. The Labute approximate surface area is 195 Å². The first kappa shape index (κ1) is 22.5. The molecule has 4 rings (SSSR count). The lowest BCUT2D eigenvalue weighted by Gasteiger charge is -2.10. The molecule has 170 valence electrons. The standard InChI is InChI=1S/C26H20FN3O4/c1-33-24-15-18(11-12-23(24)34-26(32)19-7-6-8-20(27)16-19)17-28-29-25(31)21-9-2-3-10-22(21)30-13-4-5-14-30/h2-17H,1H3,(H,29,31)/b28-17-. The normalized spacial score (nSPS) is 10.8. The molecule has 0 aliphatic rings. The Bertz CT molecular complexity index is 1350. The third kappa shape index (κ3) is 5.18. The zero-order valence-corrected chi connectivity index (χ0v) is 18.1. The molecule has 0 fully saturated rings. The highest BCUT2D eigenvalue weighted by atomic mass is 19.1. The third-order valence-corrected chi connectivity index (χ3v) is 4.86. The molecule has 0 saturated heterocycles. The number of hydrogen-bond acceptors (Lipinski definition) is 5. The molecule has 0 aliphatic carbocycles. The van der Waals surface area contributed by atoms with Crippen LogP contribution in [-0.2, 0) is 0 Å². The number of methoxy groups -OCH3 is 1. The number of halogens is 1. The molecule has 0 atom stereocenters. The number of carbonyl (C=O) groups is 2. The maximum absolute atomic E-state index is 13.4. The van der Waals surface area contributed by atoms with Crippen molar-refractivity contribution in [3.05, 3.63) is 114 Å². The SMILES string of the molecule is COc1cc(/C=N\NC(=O)c2ccccc2-n2cccc2)ccc1OC(=O)c1cccc(F)c1. The van der Waals surface area contributed by atoms with Crippen molar-refractivity contribution >= 4 is 18.1 Å². The molecular weight excluding hydrogens is 437 g/mol. The average molecular weight is 457 g/mol. The number of para-hydroxylation sites is 1. The van der Waals surface area contributed by atoms with Crippen molar-refractivity contribution in [3.8, 4) is 17.2 Å². The van der Waals surface area contributed by atoms with Crippen LogP contribution in [0.25, 0.3) is 5.69 Å². The summed E-state index contributed by atoms with van der Waals surface area (Å²) in [6.45, 7) is 0. The van der Waals surface area contributed by atoms with Gasteiger partial charge in [0.05, 0.1) is 30.1 Å². The minimum absolute atomic E-state index is 0.0793. The third-order valence-electron chi connectivity index (χ3n) is 4.86. The summed E-state index contributed by atoms with van der Waals surface area (Å²) in [5, 5.41) is 4.02. The van der Waals surface area contributed by atoms with Gasteiger partial charge in [0.25, 0.3) is 5.91 Å². The van der Waals surface area contributed by atoms with E-state index in [1.807, 2.05) is 41.2 Å². The van der Waals surface area contributed by atoms with Crippen LogP contribution in [0.1, 0.15) is 26.3 Å². The smallest absolute Gasteiger partial charge is 0.343 e. The minimum atomic E-state index is -0.715. The molecule has 0 aliphatic heterocycles. The van der Waals surface area contributed by atoms with Crippen LogP contribution in [0.3, 0.4) is 0 Å². The van der Waals surface area contributed by atoms with Crippen LogP contribution < -0.4 is 14.9 Å². The quantitative estimate of drug-likeness (QED) is 0.190. The largest absolute Gasteiger partial charge is 0.493 e. The zero-order valence-electron chi connectivity index (χ0n) is 18.1. The van der Waals surface area contributed by atoms with Gasteiger partial charge in [0.2, 0.25) is 0 Å². The zero-order chi connectivity index (χ0) is 23.9. The Morgan fingerprint density at radius 3 is 2.50 bits per heavy atom. The first-order valence-corrected chi connectivity index (χ1v) is 10.3. The number of esters is 1. The van der Waals surface area contributed by atoms with Crippen LogP contribution in [0.2, 0.25) is 0 Å². The lowest BCUT2D eigenvalue weighted by Crippen LogP contribution is -2.19. The molecule has 1 amide bonds. The van der Waals surface area contributed by atoms with E-state index < -0.39 is 11.8 Å². The Balaban J connectivity index is 1.45. The molecule has 0 saturated carbocycles. The van der Waals surface area contributed by atoms with Gasteiger partial charge < -0.3 is 14.0 Å². The molecule has 0 spiro atoms. The number of hydrogen-bond donors (Lipinski definition) is 1. The average Bonchev–Trinajstić information content (AvgIpc) is 3.39. The number of carbonyl (C=O) groups excluding carboxylic acids is 2. The number of benzene rings is 3. The predicted molar refractivity (Wildman–Crippen MR) is 125 cm³/mol. The van der Waals surface area contributed by atoms with Gasteiger partial charge in [0, 0.05) is 12.4 Å². The first-order valence-electron chi connectivity index (χ1n) is 10.3. The van der Waals surface area contributed by atoms with E-state index in [1.54, 1.807) is 24.3 Å². The maximum Gasteiger partial charge on any atom is 0.343 e. The monoisotopic (exact) mass is 457 g/mol. The van der Waals surface area contributed by atoms with Gasteiger partial charge in [0.1, 0.15) is 5.82 Å². The number of amides is 1. The summed E-state index contributed by atoms with van der Waals surface area (Å²) in [5.41, 5.74) is 4.39. The van der Waals surface area contributed by atoms with Crippen LogP contribution in [0, 0.1) is 5.82 Å². The van der Waals surface area contributed by atoms with E-state index in [0.717, 1.165) is 11.8 Å². The Morgan fingerprint density at radius 1 is 0.941 bits per heavy atom. The first-order chi connectivity index (χ1) is 16.5. The molecular formula is C26H20FN3O4. The van der Waals surface area contributed by atoms with Gasteiger partial charge in [-0.15, -0.1) is 0 Å². The molecule has 4 aromatic rings. The predicted octanol–water partition coefficient (Wildman–Crippen LogP) is 4.61. The van der Waals surface area contributed by atoms with E-state index in [9.17, 15) is 14.0 Å². The fourth-order valence-electron chi connectivity index (χ4n) is 3.23. The van der Waals surface area contributed by atoms with Crippen molar-refractivity contribution in [2.45, 2.75) is 0 Å². The summed E-state index contributed by atoms with van der Waals surface area (Å²) in [4.78, 5) is 25.0.